The third kappa shape index (κ3) is 5.63. The fourth-order valence-corrected chi connectivity index (χ4v) is 5.56. The molecule has 2 atom stereocenters. The summed E-state index contributed by atoms with van der Waals surface area (Å²) in [7, 11) is -2.45. The maximum atomic E-state index is 13.5. The third-order valence-corrected chi connectivity index (χ3v) is 7.66. The number of hydrogen-bond donors (Lipinski definition) is 1. The molecule has 0 saturated carbocycles. The molecule has 1 aliphatic heterocycles. The summed E-state index contributed by atoms with van der Waals surface area (Å²) in [6.45, 7) is -0.321. The van der Waals surface area contributed by atoms with Crippen LogP contribution in [-0.2, 0) is 21.9 Å². The first-order valence-electron chi connectivity index (χ1n) is 10.4. The van der Waals surface area contributed by atoms with Crippen LogP contribution < -0.4 is 10.1 Å². The number of halogens is 5. The van der Waals surface area contributed by atoms with Crippen molar-refractivity contribution in [1.82, 2.24) is 13.9 Å². The summed E-state index contributed by atoms with van der Waals surface area (Å²) >= 11 is 5.76. The van der Waals surface area contributed by atoms with Gasteiger partial charge in [-0.15, -0.1) is 13.2 Å². The van der Waals surface area contributed by atoms with Gasteiger partial charge in [0.25, 0.3) is 10.0 Å². The van der Waals surface area contributed by atoms with Crippen LogP contribution >= 0.6 is 11.6 Å². The molecule has 192 valence electrons. The second-order valence-corrected chi connectivity index (χ2v) is 10.4. The maximum absolute atomic E-state index is 13.5. The number of benzene rings is 2. The molecule has 14 heteroatoms. The van der Waals surface area contributed by atoms with Crippen LogP contribution in [0, 0.1) is 11.7 Å². The SMILES string of the molecule is Cn1cnc(S(=O)(=O)N2CC(C(=O)Nc3ccc(Cl)c(OC(F)(F)F)c3)C(c3ccc(F)cc3)C2)c1. The van der Waals surface area contributed by atoms with Gasteiger partial charge in [0.15, 0.2) is 5.03 Å². The minimum Gasteiger partial charge on any atom is -0.404 e. The molecule has 0 radical (unpaired) electrons. The molecule has 0 aliphatic carbocycles. The van der Waals surface area contributed by atoms with Crippen LogP contribution in [-0.4, -0.2) is 47.6 Å². The van der Waals surface area contributed by atoms with Crippen LogP contribution in [0.1, 0.15) is 11.5 Å². The fourth-order valence-electron chi connectivity index (χ4n) is 3.95. The molecule has 1 fully saturated rings. The minimum absolute atomic E-state index is 0.0347. The average molecular weight is 547 g/mol. The number of sulfonamides is 1. The Hall–Kier alpha value is -3.16. The van der Waals surface area contributed by atoms with Gasteiger partial charge in [-0.2, -0.15) is 4.31 Å². The van der Waals surface area contributed by atoms with Crippen molar-refractivity contribution in [3.05, 3.63) is 71.4 Å². The van der Waals surface area contributed by atoms with Gasteiger partial charge in [0.1, 0.15) is 11.6 Å². The third-order valence-electron chi connectivity index (χ3n) is 5.63. The van der Waals surface area contributed by atoms with Crippen molar-refractivity contribution in [1.29, 1.82) is 0 Å². The first kappa shape index (κ1) is 25.9. The molecule has 2 aromatic carbocycles. The number of hydrogen-bond acceptors (Lipinski definition) is 5. The first-order chi connectivity index (χ1) is 16.8. The average Bonchev–Trinajstić information content (AvgIpc) is 3.43. The number of ether oxygens (including phenoxy) is 1. The highest BCUT2D eigenvalue weighted by atomic mass is 35.5. The van der Waals surface area contributed by atoms with Crippen LogP contribution in [0.3, 0.4) is 0 Å². The standard InChI is InChI=1S/C22H19ClF4N4O4S/c1-30-11-20(28-12-30)36(33,34)31-9-16(13-2-4-14(24)5-3-13)17(10-31)21(32)29-15-6-7-18(23)19(8-15)35-22(25,26)27/h2-8,11-12,16-17H,9-10H2,1H3,(H,29,32). The van der Waals surface area contributed by atoms with Gasteiger partial charge >= 0.3 is 6.36 Å². The Balaban J connectivity index is 1.62. The van der Waals surface area contributed by atoms with Crippen LogP contribution in [0.2, 0.25) is 5.02 Å². The van der Waals surface area contributed by atoms with E-state index in [1.165, 1.54) is 47.4 Å². The van der Waals surface area contributed by atoms with E-state index in [1.807, 2.05) is 0 Å². The normalized spacial score (nSPS) is 18.8. The number of aryl methyl sites for hydroxylation is 1. The van der Waals surface area contributed by atoms with Crippen LogP contribution in [0.5, 0.6) is 5.75 Å². The molecule has 1 aromatic heterocycles. The predicted octanol–water partition coefficient (Wildman–Crippen LogP) is 4.15. The molecule has 1 N–H and O–H groups in total. The van der Waals surface area contributed by atoms with Gasteiger partial charge in [-0.3, -0.25) is 4.79 Å². The van der Waals surface area contributed by atoms with E-state index in [9.17, 15) is 30.8 Å². The number of amides is 1. The number of aromatic nitrogens is 2. The number of nitrogens with zero attached hydrogens (tertiary/aromatic N) is 3. The number of alkyl halides is 3. The van der Waals surface area contributed by atoms with E-state index < -0.39 is 45.7 Å². The second kappa shape index (κ2) is 9.71. The van der Waals surface area contributed by atoms with Crippen LogP contribution in [0.25, 0.3) is 0 Å². The zero-order valence-corrected chi connectivity index (χ0v) is 20.1. The summed E-state index contributed by atoms with van der Waals surface area (Å²) in [6.07, 6.45) is -2.34. The van der Waals surface area contributed by atoms with Crippen LogP contribution in [0.4, 0.5) is 23.2 Å². The van der Waals surface area contributed by atoms with Gasteiger partial charge in [-0.05, 0) is 29.8 Å². The number of anilines is 1. The molecule has 36 heavy (non-hydrogen) atoms. The van der Waals surface area contributed by atoms with E-state index in [4.69, 9.17) is 11.6 Å². The molecule has 1 amide bonds. The smallest absolute Gasteiger partial charge is 0.404 e. The van der Waals surface area contributed by atoms with Gasteiger partial charge < -0.3 is 14.6 Å². The quantitative estimate of drug-likeness (QED) is 0.469. The Morgan fingerprint density at radius 2 is 1.86 bits per heavy atom. The first-order valence-corrected chi connectivity index (χ1v) is 12.2. The number of carbonyl (C=O) groups excluding carboxylic acids is 1. The summed E-state index contributed by atoms with van der Waals surface area (Å²) in [6, 6.07) is 8.62. The van der Waals surface area contributed by atoms with E-state index in [2.05, 4.69) is 15.0 Å². The topological polar surface area (TPSA) is 93.5 Å². The predicted molar refractivity (Wildman–Crippen MR) is 121 cm³/mol. The Kier molecular flexibility index (Phi) is 6.99. The number of nitrogens with one attached hydrogen (secondary N) is 1. The lowest BCUT2D eigenvalue weighted by Gasteiger charge is -2.19. The summed E-state index contributed by atoms with van der Waals surface area (Å²) in [5.74, 6) is -3.47. The highest BCUT2D eigenvalue weighted by Gasteiger charge is 2.44. The summed E-state index contributed by atoms with van der Waals surface area (Å²) in [5, 5.41) is 1.99. The van der Waals surface area contributed by atoms with Gasteiger partial charge in [-0.25, -0.2) is 17.8 Å². The largest absolute Gasteiger partial charge is 0.573 e. The van der Waals surface area contributed by atoms with E-state index in [-0.39, 0.29) is 28.8 Å². The van der Waals surface area contributed by atoms with E-state index >= 15 is 0 Å². The van der Waals surface area contributed by atoms with E-state index in [0.29, 0.717) is 5.56 Å². The highest BCUT2D eigenvalue weighted by Crippen LogP contribution is 2.37. The van der Waals surface area contributed by atoms with Crippen molar-refractivity contribution in [3.8, 4) is 5.75 Å². The van der Waals surface area contributed by atoms with Crippen molar-refractivity contribution in [3.63, 3.8) is 0 Å². The monoisotopic (exact) mass is 546 g/mol. The summed E-state index contributed by atoms with van der Waals surface area (Å²) in [5.41, 5.74) is 0.486. The second-order valence-electron chi connectivity index (χ2n) is 8.15. The van der Waals surface area contributed by atoms with Gasteiger partial charge in [0, 0.05) is 44.0 Å². The van der Waals surface area contributed by atoms with Crippen molar-refractivity contribution in [2.45, 2.75) is 17.3 Å². The maximum Gasteiger partial charge on any atom is 0.573 e. The lowest BCUT2D eigenvalue weighted by atomic mass is 9.88. The van der Waals surface area contributed by atoms with Crippen LogP contribution in [0.15, 0.2) is 60.0 Å². The number of carbonyl (C=O) groups is 1. The van der Waals surface area contributed by atoms with Crippen molar-refractivity contribution >= 4 is 33.2 Å². The number of imidazole rings is 1. The molecule has 0 bridgehead atoms. The molecule has 2 unspecified atom stereocenters. The Labute approximate surface area is 208 Å². The molecular weight excluding hydrogens is 528 g/mol. The lowest BCUT2D eigenvalue weighted by Crippen LogP contribution is -2.32. The minimum atomic E-state index is -4.99. The number of rotatable bonds is 6. The Morgan fingerprint density at radius 3 is 2.47 bits per heavy atom. The van der Waals surface area contributed by atoms with E-state index in [1.54, 1.807) is 7.05 Å². The van der Waals surface area contributed by atoms with Gasteiger partial charge in [0.05, 0.1) is 17.3 Å². The molecule has 2 heterocycles. The van der Waals surface area contributed by atoms with Gasteiger partial charge in [0.2, 0.25) is 5.91 Å². The molecular formula is C22H19ClF4N4O4S. The van der Waals surface area contributed by atoms with Crippen molar-refractivity contribution < 1.29 is 35.5 Å². The van der Waals surface area contributed by atoms with Crippen molar-refractivity contribution in [2.75, 3.05) is 18.4 Å². The van der Waals surface area contributed by atoms with Gasteiger partial charge in [-0.1, -0.05) is 23.7 Å². The Bertz CT molecular complexity index is 1380. The zero-order chi connectivity index (χ0) is 26.3. The molecule has 1 saturated heterocycles. The van der Waals surface area contributed by atoms with E-state index in [0.717, 1.165) is 16.4 Å². The zero-order valence-electron chi connectivity index (χ0n) is 18.5. The Morgan fingerprint density at radius 1 is 1.17 bits per heavy atom. The fraction of sp³-hybridized carbons (Fsp3) is 0.273. The lowest BCUT2D eigenvalue weighted by molar-refractivity contribution is -0.274. The molecule has 3 aromatic rings. The molecule has 1 aliphatic rings. The summed E-state index contributed by atoms with van der Waals surface area (Å²) in [4.78, 5) is 17.1. The molecule has 0 spiro atoms. The van der Waals surface area contributed by atoms with Crippen molar-refractivity contribution in [2.24, 2.45) is 13.0 Å². The summed E-state index contributed by atoms with van der Waals surface area (Å²) < 4.78 is 84.2. The molecule has 4 rings (SSSR count). The molecule has 8 nitrogen and oxygen atoms in total. The highest BCUT2D eigenvalue weighted by molar-refractivity contribution is 7.89.